The van der Waals surface area contributed by atoms with Gasteiger partial charge in [-0.25, -0.2) is 4.98 Å². The van der Waals surface area contributed by atoms with Crippen molar-refractivity contribution in [2.24, 2.45) is 18.4 Å². The molecule has 5 aliphatic rings. The summed E-state index contributed by atoms with van der Waals surface area (Å²) in [6.45, 7) is 4.40. The lowest BCUT2D eigenvalue weighted by Crippen LogP contribution is -2.58. The maximum atomic E-state index is 15.0. The molecule has 4 fully saturated rings. The van der Waals surface area contributed by atoms with Crippen LogP contribution in [0.2, 0.25) is 0 Å². The molecule has 9 rings (SSSR count). The van der Waals surface area contributed by atoms with Gasteiger partial charge in [-0.1, -0.05) is 13.0 Å². The number of likely N-dealkylation sites (tertiary alicyclic amines) is 2. The van der Waals surface area contributed by atoms with E-state index in [1.165, 1.54) is 12.1 Å². The van der Waals surface area contributed by atoms with E-state index in [1.54, 1.807) is 35.9 Å². The fourth-order valence-electron chi connectivity index (χ4n) is 11.2. The number of alkyl halides is 3. The number of piperidine rings is 3. The second-order valence-corrected chi connectivity index (χ2v) is 19.0. The van der Waals surface area contributed by atoms with E-state index < -0.39 is 47.8 Å². The molecule has 1 aliphatic carbocycles. The van der Waals surface area contributed by atoms with Gasteiger partial charge in [0.1, 0.15) is 29.4 Å². The summed E-state index contributed by atoms with van der Waals surface area (Å²) in [6.07, 6.45) is 3.21. The van der Waals surface area contributed by atoms with Crippen LogP contribution in [0.3, 0.4) is 0 Å². The molecule has 2 aromatic heterocycles. The Hall–Kier alpha value is -5.81. The highest BCUT2D eigenvalue weighted by Crippen LogP contribution is 2.52. The number of imide groups is 2. The lowest BCUT2D eigenvalue weighted by atomic mass is 9.61. The van der Waals surface area contributed by atoms with Gasteiger partial charge in [0.15, 0.2) is 0 Å². The van der Waals surface area contributed by atoms with Crippen LogP contribution in [0.1, 0.15) is 90.1 Å². The molecule has 350 valence electrons. The second kappa shape index (κ2) is 17.4. The number of methoxy groups -OCH3 is 1. The number of ether oxygens (including phenoxy) is 2. The summed E-state index contributed by atoms with van der Waals surface area (Å²) < 4.78 is 58.9. The molecule has 1 saturated carbocycles. The number of anilines is 1. The predicted octanol–water partition coefficient (Wildman–Crippen LogP) is 6.11. The van der Waals surface area contributed by atoms with Gasteiger partial charge >= 0.3 is 6.18 Å². The Morgan fingerprint density at radius 2 is 1.62 bits per heavy atom. The number of carbonyl (C=O) groups is 4. The van der Waals surface area contributed by atoms with E-state index in [0.717, 1.165) is 38.4 Å². The van der Waals surface area contributed by atoms with E-state index in [1.807, 2.05) is 37.3 Å². The van der Waals surface area contributed by atoms with Crippen LogP contribution >= 0.6 is 0 Å². The van der Waals surface area contributed by atoms with E-state index in [4.69, 9.17) is 9.47 Å². The zero-order chi connectivity index (χ0) is 46.8. The third kappa shape index (κ3) is 8.33. The van der Waals surface area contributed by atoms with Crippen molar-refractivity contribution in [2.75, 3.05) is 52.3 Å². The number of aromatic nitrogens is 2. The molecule has 2 aromatic carbocycles. The first-order chi connectivity index (χ1) is 31.5. The highest BCUT2D eigenvalue weighted by atomic mass is 19.4. The standard InChI is InChI=1S/C49H56F3N7O7/c1-6-28-19-30(37-26-56(4)45(62)36-25-53-41(55(2)3)22-34(36)37)20-40(65-5)38(28)27-57-15-11-29(12-16-57)43(49(50,51)52)58-17-13-48(14-18-58)23-32(24-48)66-31-7-8-33-35(21-31)47(64)59(46(33)63)39-9-10-42(60)54-44(39)61/h7-8,19-22,25-26,29,32,39,43H,6,9-18,23-24,27H2,1-5H3,(H,54,60,61). The van der Waals surface area contributed by atoms with Crippen LogP contribution in [0, 0.1) is 11.3 Å². The Balaban J connectivity index is 0.813. The number of nitrogens with one attached hydrogen (secondary N) is 1. The molecule has 0 bridgehead atoms. The summed E-state index contributed by atoms with van der Waals surface area (Å²) in [4.78, 5) is 74.8. The van der Waals surface area contributed by atoms with Gasteiger partial charge in [0, 0.05) is 63.0 Å². The molecule has 1 N–H and O–H groups in total. The molecule has 66 heavy (non-hydrogen) atoms. The highest BCUT2D eigenvalue weighted by Gasteiger charge is 2.53. The fourth-order valence-corrected chi connectivity index (χ4v) is 11.2. The van der Waals surface area contributed by atoms with Gasteiger partial charge in [-0.2, -0.15) is 13.2 Å². The smallest absolute Gasteiger partial charge is 0.404 e. The third-order valence-corrected chi connectivity index (χ3v) is 14.8. The lowest BCUT2D eigenvalue weighted by Gasteiger charge is -2.53. The molecule has 0 radical (unpaired) electrons. The normalized spacial score (nSPS) is 21.3. The van der Waals surface area contributed by atoms with Gasteiger partial charge < -0.3 is 18.9 Å². The van der Waals surface area contributed by atoms with Crippen molar-refractivity contribution < 1.29 is 41.8 Å². The van der Waals surface area contributed by atoms with E-state index in [2.05, 4.69) is 28.2 Å². The highest BCUT2D eigenvalue weighted by molar-refractivity contribution is 6.23. The summed E-state index contributed by atoms with van der Waals surface area (Å²) in [5.74, 6) is -1.00. The van der Waals surface area contributed by atoms with Crippen LogP contribution in [0.25, 0.3) is 21.9 Å². The number of hydrogen-bond donors (Lipinski definition) is 1. The van der Waals surface area contributed by atoms with Crippen molar-refractivity contribution in [3.05, 3.63) is 81.4 Å². The number of pyridine rings is 2. The molecule has 2 unspecified atom stereocenters. The zero-order valence-electron chi connectivity index (χ0n) is 38.0. The number of nitrogens with zero attached hydrogens (tertiary/aromatic N) is 6. The summed E-state index contributed by atoms with van der Waals surface area (Å²) in [5, 5.41) is 3.51. The number of benzene rings is 2. The average Bonchev–Trinajstić information content (AvgIpc) is 3.52. The Morgan fingerprint density at radius 1 is 0.909 bits per heavy atom. The van der Waals surface area contributed by atoms with Gasteiger partial charge in [0.2, 0.25) is 11.8 Å². The molecule has 2 atom stereocenters. The first-order valence-electron chi connectivity index (χ1n) is 22.9. The first kappa shape index (κ1) is 45.4. The van der Waals surface area contributed by atoms with Crippen molar-refractivity contribution >= 4 is 40.2 Å². The van der Waals surface area contributed by atoms with Crippen molar-refractivity contribution in [2.45, 2.75) is 95.6 Å². The molecular formula is C49H56F3N7O7. The average molecular weight is 912 g/mol. The van der Waals surface area contributed by atoms with Gasteiger partial charge in [0.05, 0.1) is 29.7 Å². The minimum atomic E-state index is -4.37. The molecule has 14 nitrogen and oxygen atoms in total. The molecule has 17 heteroatoms. The monoisotopic (exact) mass is 911 g/mol. The van der Waals surface area contributed by atoms with Gasteiger partial charge in [-0.3, -0.25) is 44.0 Å². The zero-order valence-corrected chi connectivity index (χ0v) is 38.0. The van der Waals surface area contributed by atoms with Crippen LogP contribution in [0.5, 0.6) is 11.5 Å². The molecule has 3 saturated heterocycles. The van der Waals surface area contributed by atoms with Crippen molar-refractivity contribution in [1.82, 2.24) is 29.6 Å². The predicted molar refractivity (Wildman–Crippen MR) is 241 cm³/mol. The number of halogens is 3. The summed E-state index contributed by atoms with van der Waals surface area (Å²) in [7, 11) is 7.17. The number of fused-ring (bicyclic) bond motifs is 2. The fraction of sp³-hybridized carbons (Fsp3) is 0.510. The van der Waals surface area contributed by atoms with Crippen molar-refractivity contribution in [1.29, 1.82) is 0 Å². The maximum absolute atomic E-state index is 15.0. The number of aryl methyl sites for hydroxylation is 2. The largest absolute Gasteiger partial charge is 0.496 e. The van der Waals surface area contributed by atoms with E-state index >= 15 is 13.2 Å². The van der Waals surface area contributed by atoms with Crippen molar-refractivity contribution in [3.63, 3.8) is 0 Å². The van der Waals surface area contributed by atoms with Crippen molar-refractivity contribution in [3.8, 4) is 22.6 Å². The van der Waals surface area contributed by atoms with Crippen LogP contribution in [0.4, 0.5) is 19.0 Å². The minimum Gasteiger partial charge on any atom is -0.496 e. The number of amides is 4. The quantitative estimate of drug-likeness (QED) is 0.174. The topological polar surface area (TPSA) is 147 Å². The molecular weight excluding hydrogens is 856 g/mol. The maximum Gasteiger partial charge on any atom is 0.404 e. The molecule has 4 aromatic rings. The Morgan fingerprint density at radius 3 is 2.27 bits per heavy atom. The van der Waals surface area contributed by atoms with Crippen LogP contribution < -0.4 is 25.2 Å². The summed E-state index contributed by atoms with van der Waals surface area (Å²) in [5.41, 5.74) is 3.92. The number of hydrogen-bond acceptors (Lipinski definition) is 11. The number of carbonyl (C=O) groups excluding carboxylic acids is 4. The van der Waals surface area contributed by atoms with E-state index in [0.29, 0.717) is 94.6 Å². The van der Waals surface area contributed by atoms with E-state index in [-0.39, 0.29) is 41.0 Å². The second-order valence-electron chi connectivity index (χ2n) is 19.0. The Bertz CT molecular complexity index is 2630. The summed E-state index contributed by atoms with van der Waals surface area (Å²) >= 11 is 0. The molecule has 4 aliphatic heterocycles. The van der Waals surface area contributed by atoms with Gasteiger partial charge in [-0.15, -0.1) is 0 Å². The Kier molecular flexibility index (Phi) is 12.0. The van der Waals surface area contributed by atoms with Crippen LogP contribution in [-0.4, -0.2) is 120 Å². The van der Waals surface area contributed by atoms with Gasteiger partial charge in [-0.05, 0) is 130 Å². The Labute approximate surface area is 381 Å². The SMILES string of the molecule is CCc1cc(-c2cn(C)c(=O)c3cnc(N(C)C)cc23)cc(OC)c1CN1CCC(C(N2CCC3(CC2)CC(Oc2ccc4c(c2)C(=O)N(C2CCC(=O)NC2=O)C4=O)C3)C(F)(F)F)CC1. The minimum absolute atomic E-state index is 0.0295. The number of rotatable bonds is 11. The lowest BCUT2D eigenvalue weighted by molar-refractivity contribution is -0.210. The first-order valence-corrected chi connectivity index (χ1v) is 22.9. The molecule has 1 spiro atoms. The molecule has 6 heterocycles. The van der Waals surface area contributed by atoms with E-state index in [9.17, 15) is 24.0 Å². The van der Waals surface area contributed by atoms with Crippen LogP contribution in [0.15, 0.2) is 53.6 Å². The van der Waals surface area contributed by atoms with Crippen LogP contribution in [-0.2, 0) is 29.6 Å². The third-order valence-electron chi connectivity index (χ3n) is 14.8. The molecule has 4 amide bonds. The van der Waals surface area contributed by atoms with Gasteiger partial charge in [0.25, 0.3) is 17.4 Å². The summed E-state index contributed by atoms with van der Waals surface area (Å²) in [6, 6.07) is 8.13.